The molecule has 1 unspecified atom stereocenters. The van der Waals surface area contributed by atoms with Crippen LogP contribution in [0.25, 0.3) is 0 Å². The van der Waals surface area contributed by atoms with E-state index in [0.29, 0.717) is 17.1 Å². The summed E-state index contributed by atoms with van der Waals surface area (Å²) in [6, 6.07) is 8.76. The van der Waals surface area contributed by atoms with Crippen molar-refractivity contribution in [3.63, 3.8) is 0 Å². The topological polar surface area (TPSA) is 48.4 Å². The van der Waals surface area contributed by atoms with Crippen molar-refractivity contribution in [1.29, 1.82) is 0 Å². The highest BCUT2D eigenvalue weighted by atomic mass is 79.9. The van der Waals surface area contributed by atoms with Crippen LogP contribution in [0.1, 0.15) is 20.7 Å². The summed E-state index contributed by atoms with van der Waals surface area (Å²) in [4.78, 5) is 16.0. The Labute approximate surface area is 142 Å². The number of alkyl halides is 1. The number of methoxy groups -OCH3 is 2. The zero-order chi connectivity index (χ0) is 14.5. The van der Waals surface area contributed by atoms with Crippen LogP contribution in [-0.4, -0.2) is 25.0 Å². The normalized spacial score (nSPS) is 11.2. The van der Waals surface area contributed by atoms with Gasteiger partial charge in [-0.2, -0.15) is 0 Å². The van der Waals surface area contributed by atoms with Gasteiger partial charge in [0.05, 0.1) is 14.2 Å². The van der Waals surface area contributed by atoms with E-state index in [1.165, 1.54) is 0 Å². The largest absolute Gasteiger partial charge is 0.493 e. The summed E-state index contributed by atoms with van der Waals surface area (Å²) in [5.74, 6) is 1.07. The Morgan fingerprint density at radius 1 is 1.19 bits per heavy atom. The number of carbonyl (C=O) groups is 1. The van der Waals surface area contributed by atoms with E-state index in [1.807, 2.05) is 6.07 Å². The zero-order valence-corrected chi connectivity index (χ0v) is 14.9. The SMILES string of the molecule is Br.COc1ccc(C(=O)C(Br)c2cccnc2)cc1OC. The van der Waals surface area contributed by atoms with Gasteiger partial charge in [-0.05, 0) is 29.8 Å². The van der Waals surface area contributed by atoms with Gasteiger partial charge < -0.3 is 9.47 Å². The molecule has 2 aromatic rings. The second-order valence-corrected chi connectivity index (χ2v) is 5.00. The van der Waals surface area contributed by atoms with Crippen molar-refractivity contribution in [2.24, 2.45) is 0 Å². The Balaban J connectivity index is 0.00000220. The minimum atomic E-state index is -0.436. The zero-order valence-electron chi connectivity index (χ0n) is 11.6. The van der Waals surface area contributed by atoms with Gasteiger partial charge in [-0.25, -0.2) is 0 Å². The minimum Gasteiger partial charge on any atom is -0.493 e. The molecule has 0 spiro atoms. The third-order valence-electron chi connectivity index (χ3n) is 2.88. The number of ketones is 1. The summed E-state index contributed by atoms with van der Waals surface area (Å²) >= 11 is 3.41. The third kappa shape index (κ3) is 4.04. The molecule has 0 aliphatic carbocycles. The number of carbonyl (C=O) groups excluding carboxylic acids is 1. The molecule has 0 bridgehead atoms. The highest BCUT2D eigenvalue weighted by molar-refractivity contribution is 9.09. The summed E-state index contributed by atoms with van der Waals surface area (Å²) in [6.45, 7) is 0. The predicted molar refractivity (Wildman–Crippen MR) is 90.1 cm³/mol. The first kappa shape index (κ1) is 17.7. The maximum Gasteiger partial charge on any atom is 0.181 e. The Morgan fingerprint density at radius 2 is 1.90 bits per heavy atom. The highest BCUT2D eigenvalue weighted by Gasteiger charge is 2.20. The predicted octanol–water partition coefficient (Wildman–Crippen LogP) is 4.00. The lowest BCUT2D eigenvalue weighted by molar-refractivity contribution is 0.0991. The van der Waals surface area contributed by atoms with E-state index >= 15 is 0 Å². The molecule has 2 rings (SSSR count). The summed E-state index contributed by atoms with van der Waals surface area (Å²) in [7, 11) is 3.10. The second-order valence-electron chi connectivity index (χ2n) is 4.08. The first-order valence-corrected chi connectivity index (χ1v) is 6.89. The van der Waals surface area contributed by atoms with Crippen LogP contribution in [0.2, 0.25) is 0 Å². The molecule has 1 aromatic heterocycles. The second kappa shape index (κ2) is 8.14. The van der Waals surface area contributed by atoms with Crippen molar-refractivity contribution in [3.8, 4) is 11.5 Å². The van der Waals surface area contributed by atoms with Gasteiger partial charge in [0.25, 0.3) is 0 Å². The van der Waals surface area contributed by atoms with Gasteiger partial charge in [0.1, 0.15) is 4.83 Å². The van der Waals surface area contributed by atoms with Crippen LogP contribution in [0.4, 0.5) is 0 Å². The van der Waals surface area contributed by atoms with Crippen molar-refractivity contribution in [2.75, 3.05) is 14.2 Å². The molecule has 1 aromatic carbocycles. The van der Waals surface area contributed by atoms with Gasteiger partial charge in [0, 0.05) is 18.0 Å². The van der Waals surface area contributed by atoms with Crippen LogP contribution in [0, 0.1) is 0 Å². The minimum absolute atomic E-state index is 0. The van der Waals surface area contributed by atoms with Crippen LogP contribution in [-0.2, 0) is 0 Å². The lowest BCUT2D eigenvalue weighted by atomic mass is 10.0. The van der Waals surface area contributed by atoms with Crippen LogP contribution in [0.3, 0.4) is 0 Å². The van der Waals surface area contributed by atoms with Crippen molar-refractivity contribution in [3.05, 3.63) is 53.9 Å². The quantitative estimate of drug-likeness (QED) is 0.546. The molecule has 1 atom stereocenters. The fourth-order valence-electron chi connectivity index (χ4n) is 1.81. The number of hydrogen-bond acceptors (Lipinski definition) is 4. The van der Waals surface area contributed by atoms with E-state index in [1.54, 1.807) is 50.9 Å². The first-order valence-electron chi connectivity index (χ1n) is 5.97. The van der Waals surface area contributed by atoms with Crippen molar-refractivity contribution in [2.45, 2.75) is 4.83 Å². The summed E-state index contributed by atoms with van der Waals surface area (Å²) in [5.41, 5.74) is 1.36. The number of aromatic nitrogens is 1. The number of Topliss-reactive ketones (excluding diaryl/α,β-unsaturated/α-hetero) is 1. The number of nitrogens with zero attached hydrogens (tertiary/aromatic N) is 1. The monoisotopic (exact) mass is 415 g/mol. The third-order valence-corrected chi connectivity index (χ3v) is 3.82. The molecule has 21 heavy (non-hydrogen) atoms. The summed E-state index contributed by atoms with van der Waals surface area (Å²) in [6.07, 6.45) is 3.34. The van der Waals surface area contributed by atoms with Gasteiger partial charge in [0.2, 0.25) is 0 Å². The maximum atomic E-state index is 12.4. The molecule has 0 aliphatic rings. The van der Waals surface area contributed by atoms with Crippen LogP contribution < -0.4 is 9.47 Å². The lowest BCUT2D eigenvalue weighted by Crippen LogP contribution is -2.07. The molecule has 4 nitrogen and oxygen atoms in total. The molecule has 0 aliphatic heterocycles. The van der Waals surface area contributed by atoms with Gasteiger partial charge in [-0.1, -0.05) is 22.0 Å². The van der Waals surface area contributed by atoms with Crippen LogP contribution in [0.5, 0.6) is 11.5 Å². The van der Waals surface area contributed by atoms with E-state index in [2.05, 4.69) is 20.9 Å². The van der Waals surface area contributed by atoms with Crippen molar-refractivity contribution in [1.82, 2.24) is 4.98 Å². The number of pyridine rings is 1. The van der Waals surface area contributed by atoms with Crippen LogP contribution >= 0.6 is 32.9 Å². The highest BCUT2D eigenvalue weighted by Crippen LogP contribution is 2.32. The van der Waals surface area contributed by atoms with E-state index in [0.717, 1.165) is 5.56 Å². The van der Waals surface area contributed by atoms with E-state index in [4.69, 9.17) is 9.47 Å². The number of halogens is 2. The number of hydrogen-bond donors (Lipinski definition) is 0. The molecule has 6 heteroatoms. The maximum absolute atomic E-state index is 12.4. The molecular weight excluding hydrogens is 402 g/mol. The first-order chi connectivity index (χ1) is 9.67. The Bertz CT molecular complexity index is 605. The van der Waals surface area contributed by atoms with Crippen molar-refractivity contribution >= 4 is 38.7 Å². The molecule has 0 radical (unpaired) electrons. The van der Waals surface area contributed by atoms with Gasteiger partial charge in [-0.15, -0.1) is 17.0 Å². The summed E-state index contributed by atoms with van der Waals surface area (Å²) in [5, 5.41) is 0. The average molecular weight is 417 g/mol. The van der Waals surface area contributed by atoms with Crippen LogP contribution in [0.15, 0.2) is 42.7 Å². The molecule has 112 valence electrons. The fourth-order valence-corrected chi connectivity index (χ4v) is 2.35. The van der Waals surface area contributed by atoms with Gasteiger partial charge >= 0.3 is 0 Å². The standard InChI is InChI=1S/C15H14BrNO3.BrH/c1-19-12-6-5-10(8-13(12)20-2)15(18)14(16)11-4-3-7-17-9-11;/h3-9,14H,1-2H3;1H. The van der Waals surface area contributed by atoms with E-state index < -0.39 is 4.83 Å². The number of benzene rings is 1. The lowest BCUT2D eigenvalue weighted by Gasteiger charge is -2.12. The fraction of sp³-hybridized carbons (Fsp3) is 0.200. The molecule has 0 amide bonds. The average Bonchev–Trinajstić information content (AvgIpc) is 2.53. The van der Waals surface area contributed by atoms with Gasteiger partial charge in [0.15, 0.2) is 17.3 Å². The number of rotatable bonds is 5. The Kier molecular flexibility index (Phi) is 6.84. The summed E-state index contributed by atoms with van der Waals surface area (Å²) < 4.78 is 10.4. The molecule has 1 heterocycles. The Morgan fingerprint density at radius 3 is 2.48 bits per heavy atom. The molecule has 0 N–H and O–H groups in total. The molecule has 0 saturated heterocycles. The smallest absolute Gasteiger partial charge is 0.181 e. The van der Waals surface area contributed by atoms with Crippen molar-refractivity contribution < 1.29 is 14.3 Å². The molecule has 0 fully saturated rings. The molecular formula is C15H15Br2NO3. The van der Waals surface area contributed by atoms with E-state index in [-0.39, 0.29) is 22.8 Å². The van der Waals surface area contributed by atoms with Gasteiger partial charge in [-0.3, -0.25) is 9.78 Å². The van der Waals surface area contributed by atoms with E-state index in [9.17, 15) is 4.79 Å². The number of ether oxygens (including phenoxy) is 2. The molecule has 0 saturated carbocycles. The Hall–Kier alpha value is -1.40.